The van der Waals surface area contributed by atoms with Crippen LogP contribution in [0.5, 0.6) is 23.0 Å². The van der Waals surface area contributed by atoms with Crippen LogP contribution in [0.1, 0.15) is 121 Å². The lowest BCUT2D eigenvalue weighted by Gasteiger charge is -2.56. The van der Waals surface area contributed by atoms with E-state index in [2.05, 4.69) is 70.8 Å². The van der Waals surface area contributed by atoms with Gasteiger partial charge in [0.15, 0.2) is 11.5 Å². The summed E-state index contributed by atoms with van der Waals surface area (Å²) < 4.78 is 22.2. The third-order valence-electron chi connectivity index (χ3n) is 16.2. The molecule has 4 heterocycles. The van der Waals surface area contributed by atoms with Crippen LogP contribution in [0.15, 0.2) is 127 Å². The molecule has 3 aliphatic heterocycles. The van der Waals surface area contributed by atoms with Crippen LogP contribution in [-0.2, 0) is 40.8 Å². The summed E-state index contributed by atoms with van der Waals surface area (Å²) >= 11 is 0. The first-order chi connectivity index (χ1) is 34.2. The van der Waals surface area contributed by atoms with Gasteiger partial charge in [-0.2, -0.15) is 0 Å². The van der Waals surface area contributed by atoms with E-state index in [1.165, 1.54) is 22.3 Å². The number of phenolic OH excluding ortho intramolecular Hbond substituents is 3. The molecule has 2 fully saturated rings. The first-order valence-electron chi connectivity index (χ1n) is 25.8. The maximum absolute atomic E-state index is 11.5. The second-order valence-electron chi connectivity index (χ2n) is 20.8. The first kappa shape index (κ1) is 46.3. The maximum atomic E-state index is 11.5. The van der Waals surface area contributed by atoms with Gasteiger partial charge in [0, 0.05) is 47.2 Å². The van der Waals surface area contributed by atoms with Crippen molar-refractivity contribution in [2.75, 3.05) is 13.2 Å². The molecule has 7 atom stereocenters. The van der Waals surface area contributed by atoms with E-state index in [-0.39, 0.29) is 47.6 Å². The zero-order valence-corrected chi connectivity index (χ0v) is 40.1. The van der Waals surface area contributed by atoms with Gasteiger partial charge >= 0.3 is 0 Å². The predicted molar refractivity (Wildman–Crippen MR) is 274 cm³/mol. The van der Waals surface area contributed by atoms with Gasteiger partial charge in [0.2, 0.25) is 0 Å². The number of aliphatic hydroxyl groups is 1. The molecule has 5 aromatic carbocycles. The molecule has 1 saturated heterocycles. The highest BCUT2D eigenvalue weighted by molar-refractivity contribution is 5.88. The SMILES string of the molecule is NC1C=CC2=C(N1)n1cc3cc(C45CCOC6CCC(CC64)c4ccccc45)cc(c3c1)COc1cc(ccc1O)CCC(O)CC(CCCCCCc1ccc(O)c(Cc3cccc(O)c3)c1)OC2. The van der Waals surface area contributed by atoms with Crippen molar-refractivity contribution < 1.29 is 34.6 Å². The molecule has 2 aliphatic carbocycles. The van der Waals surface area contributed by atoms with Crippen molar-refractivity contribution >= 4 is 16.6 Å². The van der Waals surface area contributed by atoms with E-state index in [1.54, 1.807) is 24.3 Å². The van der Waals surface area contributed by atoms with Gasteiger partial charge in [-0.3, -0.25) is 0 Å². The van der Waals surface area contributed by atoms with Crippen LogP contribution in [0.3, 0.4) is 0 Å². The molecule has 11 rings (SSSR count). The van der Waals surface area contributed by atoms with Crippen molar-refractivity contribution in [2.45, 2.75) is 132 Å². The van der Waals surface area contributed by atoms with Gasteiger partial charge in [-0.15, -0.1) is 0 Å². The van der Waals surface area contributed by atoms with Crippen molar-refractivity contribution in [1.29, 1.82) is 0 Å². The van der Waals surface area contributed by atoms with Gasteiger partial charge in [0.25, 0.3) is 0 Å². The molecule has 7 N–H and O–H groups in total. The minimum Gasteiger partial charge on any atom is -0.508 e. The number of phenols is 3. The van der Waals surface area contributed by atoms with Gasteiger partial charge in [-0.05, 0) is 163 Å². The Morgan fingerprint density at radius 1 is 0.786 bits per heavy atom. The predicted octanol–water partition coefficient (Wildman–Crippen LogP) is 10.8. The van der Waals surface area contributed by atoms with Crippen molar-refractivity contribution in [3.05, 3.63) is 172 Å². The number of aromatic nitrogens is 1. The third kappa shape index (κ3) is 9.47. The second-order valence-corrected chi connectivity index (χ2v) is 20.8. The number of unbranched alkanes of at least 4 members (excludes halogenated alkanes) is 3. The molecule has 7 unspecified atom stereocenters. The molecular weight excluding hydrogens is 875 g/mol. The monoisotopic (exact) mass is 941 g/mol. The molecule has 10 nitrogen and oxygen atoms in total. The van der Waals surface area contributed by atoms with Crippen LogP contribution >= 0.6 is 0 Å². The Hall–Kier alpha value is -6.04. The molecule has 5 aliphatic rings. The molecule has 1 aromatic heterocycles. The number of aromatic hydroxyl groups is 3. The van der Waals surface area contributed by atoms with E-state index in [9.17, 15) is 20.4 Å². The highest BCUT2D eigenvalue weighted by atomic mass is 16.5. The van der Waals surface area contributed by atoms with Crippen LogP contribution < -0.4 is 15.8 Å². The fourth-order valence-electron chi connectivity index (χ4n) is 12.7. The minimum atomic E-state index is -0.580. The van der Waals surface area contributed by atoms with Gasteiger partial charge in [-0.25, -0.2) is 0 Å². The lowest BCUT2D eigenvalue weighted by molar-refractivity contribution is -0.0894. The summed E-state index contributed by atoms with van der Waals surface area (Å²) in [5, 5.41) is 49.0. The van der Waals surface area contributed by atoms with Gasteiger partial charge < -0.3 is 50.3 Å². The molecule has 70 heavy (non-hydrogen) atoms. The number of benzene rings is 5. The Bertz CT molecular complexity index is 2920. The summed E-state index contributed by atoms with van der Waals surface area (Å²) in [5.41, 5.74) is 16.7. The Kier molecular flexibility index (Phi) is 13.2. The highest BCUT2D eigenvalue weighted by Gasteiger charge is 2.55. The Morgan fingerprint density at radius 3 is 2.59 bits per heavy atom. The van der Waals surface area contributed by atoms with Gasteiger partial charge in [-0.1, -0.05) is 86.0 Å². The normalized spacial score (nSPS) is 25.3. The number of fused-ring (bicyclic) bond motifs is 8. The van der Waals surface area contributed by atoms with Crippen molar-refractivity contribution in [3.63, 3.8) is 0 Å². The van der Waals surface area contributed by atoms with Crippen LogP contribution in [0.25, 0.3) is 16.6 Å². The maximum Gasteiger partial charge on any atom is 0.161 e. The topological polar surface area (TPSA) is 152 Å². The average Bonchev–Trinajstić information content (AvgIpc) is 3.81. The molecule has 364 valence electrons. The number of nitrogens with one attached hydrogen (secondary N) is 1. The van der Waals surface area contributed by atoms with Crippen LogP contribution in [0, 0.1) is 5.92 Å². The average molecular weight is 942 g/mol. The summed E-state index contributed by atoms with van der Waals surface area (Å²) in [6, 6.07) is 32.6. The largest absolute Gasteiger partial charge is 0.508 e. The zero-order chi connectivity index (χ0) is 47.8. The number of dihydropyridines is 1. The van der Waals surface area contributed by atoms with E-state index in [0.717, 1.165) is 115 Å². The highest BCUT2D eigenvalue weighted by Crippen LogP contribution is 2.60. The summed E-state index contributed by atoms with van der Waals surface area (Å²) in [5.74, 6) is 2.82. The standard InChI is InChI=1S/C60H67N3O7/c61-58-23-18-42-36-69-49(11-4-2-1-3-8-38-15-20-54(66)43(26-38)27-40-9-7-10-47(64)28-40)33-48(65)19-14-39-16-21-55(67)57(29-39)70-37-45-31-46(30-44-34-63(35-51(44)45)59(42)62-58)60-24-25-68-56-22-17-41(32-53(56)60)50-12-5-6-13-52(50)60/h5-7,9-10,12-13,15-16,18,20-21,23,26,28-31,34-35,41,48-49,53,56,58,62,64-67H,1-4,8,11,14,17,19,22,24-25,27,32-33,36-37,61H2. The molecule has 0 spiro atoms. The number of rotatable bonds is 10. The molecule has 0 radical (unpaired) electrons. The molecule has 6 bridgehead atoms. The Labute approximate surface area is 411 Å². The summed E-state index contributed by atoms with van der Waals surface area (Å²) in [4.78, 5) is 0. The van der Waals surface area contributed by atoms with Crippen LogP contribution in [-0.4, -0.2) is 62.7 Å². The Balaban J connectivity index is 0.864. The lowest BCUT2D eigenvalue weighted by atomic mass is 9.51. The smallest absolute Gasteiger partial charge is 0.161 e. The van der Waals surface area contributed by atoms with Gasteiger partial charge in [0.05, 0.1) is 31.1 Å². The minimum absolute atomic E-state index is 0.0946. The lowest BCUT2D eigenvalue weighted by Crippen LogP contribution is -2.54. The molecule has 6 aromatic rings. The third-order valence-corrected chi connectivity index (χ3v) is 16.2. The summed E-state index contributed by atoms with van der Waals surface area (Å²) in [6.07, 6.45) is 19.9. The number of nitrogens with zero attached hydrogens (tertiary/aromatic N) is 1. The van der Waals surface area contributed by atoms with E-state index in [0.29, 0.717) is 49.9 Å². The van der Waals surface area contributed by atoms with E-state index in [4.69, 9.17) is 19.9 Å². The van der Waals surface area contributed by atoms with Gasteiger partial charge in [0.1, 0.15) is 23.9 Å². The van der Waals surface area contributed by atoms with E-state index in [1.807, 2.05) is 36.4 Å². The van der Waals surface area contributed by atoms with Crippen molar-refractivity contribution in [3.8, 4) is 23.0 Å². The Morgan fingerprint density at radius 2 is 1.67 bits per heavy atom. The van der Waals surface area contributed by atoms with Crippen molar-refractivity contribution in [1.82, 2.24) is 9.88 Å². The molecule has 1 saturated carbocycles. The fourth-order valence-corrected chi connectivity index (χ4v) is 12.7. The summed E-state index contributed by atoms with van der Waals surface area (Å²) in [7, 11) is 0. The number of hydrogen-bond donors (Lipinski definition) is 6. The number of aliphatic hydroxyl groups excluding tert-OH is 1. The zero-order valence-electron chi connectivity index (χ0n) is 40.1. The van der Waals surface area contributed by atoms with Crippen molar-refractivity contribution in [2.24, 2.45) is 11.7 Å². The quantitative estimate of drug-likeness (QED) is 0.0738. The molecule has 10 heteroatoms. The number of ether oxygens (including phenoxy) is 3. The first-order valence-corrected chi connectivity index (χ1v) is 25.8. The summed E-state index contributed by atoms with van der Waals surface area (Å²) in [6.45, 7) is 1.34. The fraction of sp³-hybridized carbons (Fsp3) is 0.400. The second kappa shape index (κ2) is 20.0. The number of aryl methyl sites for hydroxylation is 2. The van der Waals surface area contributed by atoms with Crippen LogP contribution in [0.4, 0.5) is 0 Å². The number of hydrogen-bond acceptors (Lipinski definition) is 9. The number of nitrogens with two attached hydrogens (primary N) is 1. The molecule has 0 amide bonds. The van der Waals surface area contributed by atoms with Crippen LogP contribution in [0.2, 0.25) is 0 Å². The van der Waals surface area contributed by atoms with E-state index < -0.39 is 6.10 Å². The van der Waals surface area contributed by atoms with E-state index >= 15 is 0 Å². The molecular formula is C60H67N3O7.